The molecule has 2 N–H and O–H groups in total. The highest BCUT2D eigenvalue weighted by atomic mass is 32.1. The first-order valence-corrected chi connectivity index (χ1v) is 5.73. The van der Waals surface area contributed by atoms with Crippen molar-refractivity contribution in [3.63, 3.8) is 0 Å². The van der Waals surface area contributed by atoms with Crippen molar-refractivity contribution in [2.75, 3.05) is 0 Å². The third-order valence-corrected chi connectivity index (χ3v) is 3.42. The molecule has 1 heterocycles. The number of hydrogen-bond donors (Lipinski definition) is 2. The van der Waals surface area contributed by atoms with Crippen LogP contribution in [0, 0.1) is 5.92 Å². The molecule has 1 aromatic rings. The Hall–Kier alpha value is -0.940. The molecule has 1 rings (SSSR count). The van der Waals surface area contributed by atoms with E-state index in [4.69, 9.17) is 5.11 Å². The van der Waals surface area contributed by atoms with Crippen LogP contribution in [0.4, 0.5) is 0 Å². The minimum atomic E-state index is -1.38. The number of aliphatic hydroxyl groups is 1. The monoisotopic (exact) mass is 229 g/mol. The molecule has 0 aliphatic rings. The zero-order chi connectivity index (χ0) is 11.5. The van der Waals surface area contributed by atoms with Crippen molar-refractivity contribution in [2.24, 2.45) is 5.92 Å². The van der Waals surface area contributed by atoms with Gasteiger partial charge in [-0.15, -0.1) is 11.3 Å². The normalized spacial score (nSPS) is 17.0. The van der Waals surface area contributed by atoms with Crippen LogP contribution in [-0.4, -0.2) is 21.2 Å². The maximum absolute atomic E-state index is 11.0. The largest absolute Gasteiger partial charge is 0.481 e. The van der Waals surface area contributed by atoms with Gasteiger partial charge in [-0.25, -0.2) is 4.98 Å². The van der Waals surface area contributed by atoms with Gasteiger partial charge in [0.1, 0.15) is 10.6 Å². The molecule has 0 aromatic carbocycles. The van der Waals surface area contributed by atoms with E-state index in [2.05, 4.69) is 4.98 Å². The molecule has 0 radical (unpaired) electrons. The van der Waals surface area contributed by atoms with E-state index in [-0.39, 0.29) is 0 Å². The summed E-state index contributed by atoms with van der Waals surface area (Å²) in [6.45, 7) is 3.41. The van der Waals surface area contributed by atoms with Gasteiger partial charge in [-0.2, -0.15) is 0 Å². The maximum atomic E-state index is 11.0. The predicted molar refractivity (Wildman–Crippen MR) is 57.7 cm³/mol. The first-order valence-electron chi connectivity index (χ1n) is 4.85. The van der Waals surface area contributed by atoms with Gasteiger partial charge in [0.25, 0.3) is 0 Å². The molecule has 1 aromatic heterocycles. The van der Waals surface area contributed by atoms with Crippen molar-refractivity contribution in [1.82, 2.24) is 4.98 Å². The number of nitrogens with zero attached hydrogens (tertiary/aromatic N) is 1. The summed E-state index contributed by atoms with van der Waals surface area (Å²) < 4.78 is 0. The number of aromatic nitrogens is 1. The van der Waals surface area contributed by atoms with Crippen molar-refractivity contribution >= 4 is 17.3 Å². The first-order chi connectivity index (χ1) is 7.00. The van der Waals surface area contributed by atoms with E-state index in [1.807, 2.05) is 6.92 Å². The Morgan fingerprint density at radius 1 is 1.73 bits per heavy atom. The molecule has 0 saturated carbocycles. The third kappa shape index (κ3) is 2.54. The van der Waals surface area contributed by atoms with Crippen LogP contribution in [0.5, 0.6) is 0 Å². The molecular formula is C10H15NO3S. The highest BCUT2D eigenvalue weighted by molar-refractivity contribution is 7.09. The molecule has 0 fully saturated rings. The van der Waals surface area contributed by atoms with Crippen molar-refractivity contribution in [3.8, 4) is 0 Å². The highest BCUT2D eigenvalue weighted by Crippen LogP contribution is 2.33. The Morgan fingerprint density at radius 2 is 2.40 bits per heavy atom. The van der Waals surface area contributed by atoms with Gasteiger partial charge in [-0.1, -0.05) is 13.3 Å². The van der Waals surface area contributed by atoms with Crippen LogP contribution in [0.3, 0.4) is 0 Å². The van der Waals surface area contributed by atoms with Crippen LogP contribution in [0.25, 0.3) is 0 Å². The molecule has 0 spiro atoms. The second kappa shape index (κ2) is 4.72. The van der Waals surface area contributed by atoms with Gasteiger partial charge in [-0.05, 0) is 13.3 Å². The topological polar surface area (TPSA) is 70.4 Å². The number of carbonyl (C=O) groups is 1. The quantitative estimate of drug-likeness (QED) is 0.808. The van der Waals surface area contributed by atoms with E-state index in [0.717, 1.165) is 6.42 Å². The molecule has 0 aliphatic heterocycles. The van der Waals surface area contributed by atoms with Gasteiger partial charge in [0.05, 0.1) is 5.92 Å². The van der Waals surface area contributed by atoms with Crippen LogP contribution in [0.1, 0.15) is 31.7 Å². The van der Waals surface area contributed by atoms with E-state index in [0.29, 0.717) is 11.4 Å². The average Bonchev–Trinajstić information content (AvgIpc) is 2.66. The maximum Gasteiger partial charge on any atom is 0.309 e. The van der Waals surface area contributed by atoms with Gasteiger partial charge in [0, 0.05) is 11.6 Å². The van der Waals surface area contributed by atoms with Crippen LogP contribution < -0.4 is 0 Å². The smallest absolute Gasteiger partial charge is 0.309 e. The molecule has 0 aliphatic carbocycles. The van der Waals surface area contributed by atoms with E-state index in [1.54, 1.807) is 11.6 Å². The number of carboxylic acid groups (broad SMARTS) is 1. The van der Waals surface area contributed by atoms with Crippen LogP contribution in [0.15, 0.2) is 11.6 Å². The lowest BCUT2D eigenvalue weighted by Gasteiger charge is -2.27. The van der Waals surface area contributed by atoms with Crippen LogP contribution in [-0.2, 0) is 10.4 Å². The van der Waals surface area contributed by atoms with E-state index >= 15 is 0 Å². The Morgan fingerprint density at radius 3 is 2.80 bits per heavy atom. The fourth-order valence-corrected chi connectivity index (χ4v) is 2.31. The van der Waals surface area contributed by atoms with Crippen molar-refractivity contribution in [3.05, 3.63) is 16.6 Å². The van der Waals surface area contributed by atoms with Gasteiger partial charge >= 0.3 is 5.97 Å². The Balaban J connectivity index is 2.95. The summed E-state index contributed by atoms with van der Waals surface area (Å²) in [6.07, 6.45) is 2.74. The summed E-state index contributed by atoms with van der Waals surface area (Å²) >= 11 is 1.28. The number of rotatable bonds is 5. The number of hydrogen-bond acceptors (Lipinski definition) is 4. The Kier molecular flexibility index (Phi) is 3.82. The standard InChI is InChI=1S/C10H15NO3S/c1-3-4-7(8(12)13)10(2,14)9-11-5-6-15-9/h5-7,14H,3-4H2,1-2H3,(H,12,13). The summed E-state index contributed by atoms with van der Waals surface area (Å²) in [5.41, 5.74) is -1.38. The second-order valence-electron chi connectivity index (χ2n) is 3.66. The van der Waals surface area contributed by atoms with E-state index in [1.165, 1.54) is 18.3 Å². The number of aliphatic carboxylic acids is 1. The molecule has 0 saturated heterocycles. The molecule has 2 atom stereocenters. The Bertz CT molecular complexity index is 321. The lowest BCUT2D eigenvalue weighted by molar-refractivity contribution is -0.152. The van der Waals surface area contributed by atoms with E-state index < -0.39 is 17.5 Å². The van der Waals surface area contributed by atoms with Gasteiger partial charge in [-0.3, -0.25) is 4.79 Å². The molecule has 2 unspecified atom stereocenters. The zero-order valence-electron chi connectivity index (χ0n) is 8.80. The summed E-state index contributed by atoms with van der Waals surface area (Å²) in [4.78, 5) is 15.0. The van der Waals surface area contributed by atoms with Gasteiger partial charge < -0.3 is 10.2 Å². The van der Waals surface area contributed by atoms with Crippen molar-refractivity contribution in [2.45, 2.75) is 32.3 Å². The highest BCUT2D eigenvalue weighted by Gasteiger charge is 2.40. The molecule has 84 valence electrons. The average molecular weight is 229 g/mol. The summed E-state index contributed by atoms with van der Waals surface area (Å²) in [5.74, 6) is -1.77. The number of thiazole rings is 1. The summed E-state index contributed by atoms with van der Waals surface area (Å²) in [6, 6.07) is 0. The summed E-state index contributed by atoms with van der Waals surface area (Å²) in [7, 11) is 0. The molecule has 5 heteroatoms. The lowest BCUT2D eigenvalue weighted by atomic mass is 9.86. The van der Waals surface area contributed by atoms with E-state index in [9.17, 15) is 9.90 Å². The minimum Gasteiger partial charge on any atom is -0.481 e. The zero-order valence-corrected chi connectivity index (χ0v) is 9.62. The third-order valence-electron chi connectivity index (χ3n) is 2.42. The summed E-state index contributed by atoms with van der Waals surface area (Å²) in [5, 5.41) is 21.5. The lowest BCUT2D eigenvalue weighted by Crippen LogP contribution is -2.37. The fraction of sp³-hybridized carbons (Fsp3) is 0.600. The number of carboxylic acids is 1. The SMILES string of the molecule is CCCC(C(=O)O)C(C)(O)c1nccs1. The fourth-order valence-electron chi connectivity index (χ4n) is 1.56. The molecular weight excluding hydrogens is 214 g/mol. The predicted octanol–water partition coefficient (Wildman–Crippen LogP) is 1.85. The molecule has 0 bridgehead atoms. The van der Waals surface area contributed by atoms with Gasteiger partial charge in [0.15, 0.2) is 0 Å². The first kappa shape index (κ1) is 12.1. The Labute approximate surface area is 92.6 Å². The molecule has 4 nitrogen and oxygen atoms in total. The van der Waals surface area contributed by atoms with Crippen molar-refractivity contribution < 1.29 is 15.0 Å². The van der Waals surface area contributed by atoms with Crippen molar-refractivity contribution in [1.29, 1.82) is 0 Å². The molecule has 15 heavy (non-hydrogen) atoms. The minimum absolute atomic E-state index is 0.446. The van der Waals surface area contributed by atoms with Crippen LogP contribution in [0.2, 0.25) is 0 Å². The van der Waals surface area contributed by atoms with Crippen LogP contribution >= 0.6 is 11.3 Å². The van der Waals surface area contributed by atoms with Gasteiger partial charge in [0.2, 0.25) is 0 Å². The molecule has 0 amide bonds. The second-order valence-corrected chi connectivity index (χ2v) is 4.56.